The molecule has 1 aromatic heterocycles. The Bertz CT molecular complexity index is 382. The topological polar surface area (TPSA) is 44.3 Å². The highest BCUT2D eigenvalue weighted by molar-refractivity contribution is 5.30. The molecule has 20 heavy (non-hydrogen) atoms. The van der Waals surface area contributed by atoms with E-state index < -0.39 is 0 Å². The van der Waals surface area contributed by atoms with Crippen LogP contribution in [0.4, 0.5) is 5.95 Å². The molecule has 0 atom stereocenters. The molecule has 1 saturated heterocycles. The summed E-state index contributed by atoms with van der Waals surface area (Å²) in [6, 6.07) is 0.698. The number of nitrogens with zero attached hydrogens (tertiary/aromatic N) is 4. The standard InChI is InChI=1S/C15H27N5/c1-4-7-16-10-13-11-17-15(18-12-13)20-8-5-14(6-9-20)19(2)3/h11-12,14,16H,4-10H2,1-3H3. The maximum absolute atomic E-state index is 4.51. The van der Waals surface area contributed by atoms with E-state index in [9.17, 15) is 0 Å². The Kier molecular flexibility index (Phi) is 5.73. The summed E-state index contributed by atoms with van der Waals surface area (Å²) < 4.78 is 0. The molecule has 1 N–H and O–H groups in total. The van der Waals surface area contributed by atoms with Gasteiger partial charge in [-0.1, -0.05) is 6.92 Å². The molecule has 2 heterocycles. The van der Waals surface area contributed by atoms with Crippen LogP contribution in [0.3, 0.4) is 0 Å². The van der Waals surface area contributed by atoms with Crippen LogP contribution in [0.5, 0.6) is 0 Å². The minimum Gasteiger partial charge on any atom is -0.341 e. The van der Waals surface area contributed by atoms with Crippen LogP contribution >= 0.6 is 0 Å². The zero-order chi connectivity index (χ0) is 14.4. The molecular weight excluding hydrogens is 250 g/mol. The van der Waals surface area contributed by atoms with Crippen LogP contribution in [0.2, 0.25) is 0 Å². The van der Waals surface area contributed by atoms with Crippen LogP contribution in [-0.2, 0) is 6.54 Å². The van der Waals surface area contributed by atoms with E-state index in [1.54, 1.807) is 0 Å². The van der Waals surface area contributed by atoms with Gasteiger partial charge in [-0.2, -0.15) is 0 Å². The summed E-state index contributed by atoms with van der Waals surface area (Å²) in [7, 11) is 4.32. The monoisotopic (exact) mass is 277 g/mol. The summed E-state index contributed by atoms with van der Waals surface area (Å²) >= 11 is 0. The quantitative estimate of drug-likeness (QED) is 0.799. The lowest BCUT2D eigenvalue weighted by Crippen LogP contribution is -2.42. The van der Waals surface area contributed by atoms with E-state index in [0.29, 0.717) is 6.04 Å². The largest absolute Gasteiger partial charge is 0.341 e. The summed E-state index contributed by atoms with van der Waals surface area (Å²) in [6.07, 6.45) is 7.43. The first kappa shape index (κ1) is 15.2. The fraction of sp³-hybridized carbons (Fsp3) is 0.733. The van der Waals surface area contributed by atoms with Crippen LogP contribution in [-0.4, -0.2) is 54.6 Å². The van der Waals surface area contributed by atoms with Gasteiger partial charge in [-0.3, -0.25) is 0 Å². The van der Waals surface area contributed by atoms with E-state index in [-0.39, 0.29) is 0 Å². The normalized spacial score (nSPS) is 16.9. The summed E-state index contributed by atoms with van der Waals surface area (Å²) in [5, 5.41) is 3.37. The van der Waals surface area contributed by atoms with Crippen molar-refractivity contribution in [1.82, 2.24) is 20.2 Å². The van der Waals surface area contributed by atoms with Crippen molar-refractivity contribution in [3.8, 4) is 0 Å². The fourth-order valence-corrected chi connectivity index (χ4v) is 2.59. The van der Waals surface area contributed by atoms with E-state index >= 15 is 0 Å². The Morgan fingerprint density at radius 2 is 1.90 bits per heavy atom. The number of nitrogens with one attached hydrogen (secondary N) is 1. The second-order valence-corrected chi connectivity index (χ2v) is 5.75. The molecule has 0 aromatic carbocycles. The maximum atomic E-state index is 4.51. The van der Waals surface area contributed by atoms with Gasteiger partial charge in [-0.05, 0) is 39.9 Å². The Morgan fingerprint density at radius 1 is 1.25 bits per heavy atom. The van der Waals surface area contributed by atoms with Crippen molar-refractivity contribution in [1.29, 1.82) is 0 Å². The summed E-state index contributed by atoms with van der Waals surface area (Å²) in [5.41, 5.74) is 1.16. The molecule has 5 nitrogen and oxygen atoms in total. The first-order valence-electron chi connectivity index (χ1n) is 7.63. The smallest absolute Gasteiger partial charge is 0.225 e. The van der Waals surface area contributed by atoms with E-state index in [0.717, 1.165) is 44.1 Å². The lowest BCUT2D eigenvalue weighted by Gasteiger charge is -2.35. The van der Waals surface area contributed by atoms with Gasteiger partial charge in [0.25, 0.3) is 0 Å². The lowest BCUT2D eigenvalue weighted by atomic mass is 10.0. The van der Waals surface area contributed by atoms with E-state index in [4.69, 9.17) is 0 Å². The third-order valence-corrected chi connectivity index (χ3v) is 3.93. The second-order valence-electron chi connectivity index (χ2n) is 5.75. The summed E-state index contributed by atoms with van der Waals surface area (Å²) in [4.78, 5) is 13.6. The molecule has 112 valence electrons. The molecule has 5 heteroatoms. The average Bonchev–Trinajstić information content (AvgIpc) is 2.48. The summed E-state index contributed by atoms with van der Waals surface area (Å²) in [5.74, 6) is 0.876. The van der Waals surface area contributed by atoms with Gasteiger partial charge in [0.15, 0.2) is 0 Å². The van der Waals surface area contributed by atoms with Crippen molar-refractivity contribution in [2.24, 2.45) is 0 Å². The number of hydrogen-bond donors (Lipinski definition) is 1. The van der Waals surface area contributed by atoms with Gasteiger partial charge in [0.1, 0.15) is 0 Å². The molecule has 0 amide bonds. The minimum atomic E-state index is 0.698. The molecule has 0 saturated carbocycles. The highest BCUT2D eigenvalue weighted by Crippen LogP contribution is 2.18. The Hall–Kier alpha value is -1.20. The van der Waals surface area contributed by atoms with Gasteiger partial charge in [-0.25, -0.2) is 9.97 Å². The number of hydrogen-bond acceptors (Lipinski definition) is 5. The van der Waals surface area contributed by atoms with Gasteiger partial charge < -0.3 is 15.1 Å². The Balaban J connectivity index is 1.84. The molecule has 2 rings (SSSR count). The molecule has 0 aliphatic carbocycles. The van der Waals surface area contributed by atoms with Crippen LogP contribution < -0.4 is 10.2 Å². The molecule has 1 aliphatic heterocycles. The number of piperidine rings is 1. The van der Waals surface area contributed by atoms with Gasteiger partial charge >= 0.3 is 0 Å². The van der Waals surface area contributed by atoms with Gasteiger partial charge in [0.2, 0.25) is 5.95 Å². The average molecular weight is 277 g/mol. The second kappa shape index (κ2) is 7.55. The number of aromatic nitrogens is 2. The van der Waals surface area contributed by atoms with E-state index in [2.05, 4.69) is 46.1 Å². The minimum absolute atomic E-state index is 0.698. The maximum Gasteiger partial charge on any atom is 0.225 e. The highest BCUT2D eigenvalue weighted by Gasteiger charge is 2.21. The molecule has 1 fully saturated rings. The highest BCUT2D eigenvalue weighted by atomic mass is 15.3. The Morgan fingerprint density at radius 3 is 2.45 bits per heavy atom. The molecule has 1 aliphatic rings. The SMILES string of the molecule is CCCNCc1cnc(N2CCC(N(C)C)CC2)nc1. The van der Waals surface area contributed by atoms with Crippen LogP contribution in [0.15, 0.2) is 12.4 Å². The van der Waals surface area contributed by atoms with Crippen molar-refractivity contribution >= 4 is 5.95 Å². The molecule has 0 radical (unpaired) electrons. The van der Waals surface area contributed by atoms with Gasteiger partial charge in [0, 0.05) is 43.6 Å². The lowest BCUT2D eigenvalue weighted by molar-refractivity contribution is 0.249. The van der Waals surface area contributed by atoms with Crippen LogP contribution in [0, 0.1) is 0 Å². The van der Waals surface area contributed by atoms with Crippen molar-refractivity contribution in [3.63, 3.8) is 0 Å². The fourth-order valence-electron chi connectivity index (χ4n) is 2.59. The Labute approximate surface area is 122 Å². The van der Waals surface area contributed by atoms with Gasteiger partial charge in [0.05, 0.1) is 0 Å². The first-order valence-corrected chi connectivity index (χ1v) is 7.63. The number of anilines is 1. The third-order valence-electron chi connectivity index (χ3n) is 3.93. The van der Waals surface area contributed by atoms with E-state index in [1.165, 1.54) is 12.8 Å². The zero-order valence-electron chi connectivity index (χ0n) is 13.0. The molecule has 0 spiro atoms. The molecule has 1 aromatic rings. The van der Waals surface area contributed by atoms with Crippen LogP contribution in [0.1, 0.15) is 31.7 Å². The molecular formula is C15H27N5. The van der Waals surface area contributed by atoms with Crippen molar-refractivity contribution in [2.75, 3.05) is 38.6 Å². The van der Waals surface area contributed by atoms with Crippen molar-refractivity contribution in [2.45, 2.75) is 38.8 Å². The predicted molar refractivity (Wildman–Crippen MR) is 83.0 cm³/mol. The first-order chi connectivity index (χ1) is 9.70. The molecule has 0 unspecified atom stereocenters. The summed E-state index contributed by atoms with van der Waals surface area (Å²) in [6.45, 7) is 6.17. The van der Waals surface area contributed by atoms with Crippen molar-refractivity contribution < 1.29 is 0 Å². The van der Waals surface area contributed by atoms with Crippen molar-refractivity contribution in [3.05, 3.63) is 18.0 Å². The van der Waals surface area contributed by atoms with Gasteiger partial charge in [-0.15, -0.1) is 0 Å². The predicted octanol–water partition coefficient (Wildman–Crippen LogP) is 1.51. The van der Waals surface area contributed by atoms with E-state index in [1.807, 2.05) is 12.4 Å². The third kappa shape index (κ3) is 4.15. The van der Waals surface area contributed by atoms with Crippen LogP contribution in [0.25, 0.3) is 0 Å². The zero-order valence-corrected chi connectivity index (χ0v) is 13.0. The number of rotatable bonds is 6. The molecule has 0 bridgehead atoms.